The van der Waals surface area contributed by atoms with Gasteiger partial charge in [-0.3, -0.25) is 4.90 Å². The minimum absolute atomic E-state index is 0.138. The van der Waals surface area contributed by atoms with Crippen molar-refractivity contribution in [3.8, 4) is 11.5 Å². The topological polar surface area (TPSA) is 130 Å². The number of piperidine rings is 1. The number of rotatable bonds is 19. The fourth-order valence-electron chi connectivity index (χ4n) is 7.19. The van der Waals surface area contributed by atoms with E-state index in [1.54, 1.807) is 21.3 Å². The van der Waals surface area contributed by atoms with Gasteiger partial charge in [-0.2, -0.15) is 0 Å². The van der Waals surface area contributed by atoms with Gasteiger partial charge in [0.25, 0.3) is 0 Å². The number of hydrogen-bond acceptors (Lipinski definition) is 13. The molecular formula is C32H45NO12. The zero-order valence-corrected chi connectivity index (χ0v) is 26.6. The lowest BCUT2D eigenvalue weighted by Gasteiger charge is -2.62. The van der Waals surface area contributed by atoms with Gasteiger partial charge in [0.15, 0.2) is 17.6 Å². The van der Waals surface area contributed by atoms with Gasteiger partial charge in [0.2, 0.25) is 0 Å². The summed E-state index contributed by atoms with van der Waals surface area (Å²) in [6.07, 6.45) is 2.72. The van der Waals surface area contributed by atoms with Gasteiger partial charge in [-0.15, -0.1) is 0 Å². The number of esters is 2. The fraction of sp³-hybridized carbons (Fsp3) is 0.688. The van der Waals surface area contributed by atoms with Crippen molar-refractivity contribution in [2.45, 2.75) is 42.4 Å². The summed E-state index contributed by atoms with van der Waals surface area (Å²) >= 11 is 0. The van der Waals surface area contributed by atoms with Crippen LogP contribution in [-0.2, 0) is 59.3 Å². The summed E-state index contributed by atoms with van der Waals surface area (Å²) < 4.78 is 56.7. The van der Waals surface area contributed by atoms with E-state index in [4.69, 9.17) is 47.4 Å². The Morgan fingerprint density at radius 3 is 2.20 bits per heavy atom. The highest BCUT2D eigenvalue weighted by Crippen LogP contribution is 2.66. The molecule has 1 saturated heterocycles. The SMILES string of the molecule is COCCOCCOCC(=O)OC1=CCC2(OC(=O)COCCOCCOC)[C@H]3Cc4ccc(OC)c5c4[C@@]2(CCN3C)[C@H]1O5. The third kappa shape index (κ3) is 6.57. The third-order valence-corrected chi connectivity index (χ3v) is 9.09. The van der Waals surface area contributed by atoms with E-state index >= 15 is 0 Å². The fourth-order valence-corrected chi connectivity index (χ4v) is 7.19. The molecule has 45 heavy (non-hydrogen) atoms. The lowest BCUT2D eigenvalue weighted by Crippen LogP contribution is -2.76. The molecule has 0 saturated carbocycles. The molecule has 2 heterocycles. The van der Waals surface area contributed by atoms with Gasteiger partial charge < -0.3 is 47.4 Å². The van der Waals surface area contributed by atoms with Crippen LogP contribution in [0.25, 0.3) is 0 Å². The molecule has 5 rings (SSSR count). The predicted octanol–water partition coefficient (Wildman–Crippen LogP) is 1.43. The molecule has 1 aromatic carbocycles. The molecule has 250 valence electrons. The Morgan fingerprint density at radius 1 is 0.889 bits per heavy atom. The number of carbonyl (C=O) groups excluding carboxylic acids is 2. The predicted molar refractivity (Wildman–Crippen MR) is 158 cm³/mol. The van der Waals surface area contributed by atoms with Crippen LogP contribution in [0.2, 0.25) is 0 Å². The van der Waals surface area contributed by atoms with Gasteiger partial charge in [0, 0.05) is 26.2 Å². The van der Waals surface area contributed by atoms with Gasteiger partial charge in [0.05, 0.1) is 71.4 Å². The first kappa shape index (κ1) is 33.6. The summed E-state index contributed by atoms with van der Waals surface area (Å²) in [5.41, 5.74) is 0.269. The Bertz CT molecular complexity index is 1220. The number of ether oxygens (including phenoxy) is 10. The van der Waals surface area contributed by atoms with Gasteiger partial charge in [0.1, 0.15) is 24.6 Å². The van der Waals surface area contributed by atoms with E-state index < -0.39 is 29.1 Å². The largest absolute Gasteiger partial charge is 0.493 e. The molecule has 1 fully saturated rings. The van der Waals surface area contributed by atoms with Crippen LogP contribution >= 0.6 is 0 Å². The summed E-state index contributed by atoms with van der Waals surface area (Å²) in [4.78, 5) is 28.6. The van der Waals surface area contributed by atoms with Gasteiger partial charge in [-0.05, 0) is 44.1 Å². The third-order valence-electron chi connectivity index (χ3n) is 9.09. The molecule has 0 radical (unpaired) electrons. The second-order valence-electron chi connectivity index (χ2n) is 11.5. The van der Waals surface area contributed by atoms with Crippen molar-refractivity contribution in [2.24, 2.45) is 0 Å². The second-order valence-corrected chi connectivity index (χ2v) is 11.5. The molecule has 1 unspecified atom stereocenters. The van der Waals surface area contributed by atoms with E-state index in [-0.39, 0.29) is 32.5 Å². The quantitative estimate of drug-likeness (QED) is 0.161. The van der Waals surface area contributed by atoms with Gasteiger partial charge >= 0.3 is 11.9 Å². The Kier molecular flexibility index (Phi) is 11.3. The van der Waals surface area contributed by atoms with Crippen LogP contribution in [0.1, 0.15) is 24.0 Å². The number of methoxy groups -OCH3 is 3. The summed E-state index contributed by atoms with van der Waals surface area (Å²) in [7, 11) is 6.86. The van der Waals surface area contributed by atoms with Crippen LogP contribution in [-0.4, -0.2) is 136 Å². The number of carbonyl (C=O) groups is 2. The van der Waals surface area contributed by atoms with Crippen LogP contribution in [0.4, 0.5) is 0 Å². The first-order chi connectivity index (χ1) is 21.9. The average molecular weight is 636 g/mol. The van der Waals surface area contributed by atoms with Crippen molar-refractivity contribution < 1.29 is 57.0 Å². The molecule has 4 atom stereocenters. The lowest BCUT2D eigenvalue weighted by atomic mass is 9.50. The number of likely N-dealkylation sites (N-methyl/N-ethyl adjacent to an activating group) is 1. The number of hydrogen-bond donors (Lipinski definition) is 0. The molecule has 1 spiro atoms. The van der Waals surface area contributed by atoms with Crippen LogP contribution in [0.5, 0.6) is 11.5 Å². The molecule has 0 amide bonds. The summed E-state index contributed by atoms with van der Waals surface area (Å²) in [6.45, 7) is 3.30. The maximum absolute atomic E-state index is 13.4. The molecule has 2 bridgehead atoms. The van der Waals surface area contributed by atoms with E-state index in [0.717, 1.165) is 17.7 Å². The van der Waals surface area contributed by atoms with Crippen molar-refractivity contribution >= 4 is 11.9 Å². The molecule has 13 nitrogen and oxygen atoms in total. The Morgan fingerprint density at radius 2 is 1.53 bits per heavy atom. The standard InChI is InChI=1S/C32H45NO12/c1-33-10-9-31-28-22-5-6-23(38-4)29(28)44-30(31)24(43-26(34)20-41-17-15-39-13-11-36-2)7-8-32(31,25(33)19-22)45-27(35)21-42-18-16-40-14-12-37-3/h5-7,25,30H,8-21H2,1-4H3/t25-,30+,31+,32?/m1/s1. The molecule has 13 heteroatoms. The van der Waals surface area contributed by atoms with E-state index in [0.29, 0.717) is 76.2 Å². The summed E-state index contributed by atoms with van der Waals surface area (Å²) in [5, 5.41) is 0. The first-order valence-corrected chi connectivity index (χ1v) is 15.4. The van der Waals surface area contributed by atoms with Crippen molar-refractivity contribution in [3.63, 3.8) is 0 Å². The maximum Gasteiger partial charge on any atom is 0.337 e. The first-order valence-electron chi connectivity index (χ1n) is 15.4. The molecule has 2 aliphatic heterocycles. The van der Waals surface area contributed by atoms with E-state index in [1.165, 1.54) is 0 Å². The number of nitrogens with zero attached hydrogens (tertiary/aromatic N) is 1. The maximum atomic E-state index is 13.4. The Labute approximate surface area is 263 Å². The molecule has 4 aliphatic rings. The highest BCUT2D eigenvalue weighted by atomic mass is 16.6. The summed E-state index contributed by atoms with van der Waals surface area (Å²) in [6, 6.07) is 3.82. The Balaban J connectivity index is 1.36. The van der Waals surface area contributed by atoms with Crippen molar-refractivity contribution in [1.82, 2.24) is 4.90 Å². The molecule has 0 aromatic heterocycles. The van der Waals surface area contributed by atoms with Crippen LogP contribution in [0, 0.1) is 0 Å². The van der Waals surface area contributed by atoms with Crippen molar-refractivity contribution in [2.75, 3.05) is 101 Å². The highest BCUT2D eigenvalue weighted by Gasteiger charge is 2.74. The lowest BCUT2D eigenvalue weighted by molar-refractivity contribution is -0.209. The Hall–Kier alpha value is -2.78. The van der Waals surface area contributed by atoms with Crippen LogP contribution in [0.15, 0.2) is 24.0 Å². The van der Waals surface area contributed by atoms with Gasteiger partial charge in [-0.1, -0.05) is 6.07 Å². The monoisotopic (exact) mass is 635 g/mol. The highest BCUT2D eigenvalue weighted by molar-refractivity contribution is 5.75. The zero-order chi connectivity index (χ0) is 31.9. The van der Waals surface area contributed by atoms with Crippen molar-refractivity contribution in [1.29, 1.82) is 0 Å². The van der Waals surface area contributed by atoms with Gasteiger partial charge in [-0.25, -0.2) is 9.59 Å². The minimum atomic E-state index is -0.989. The smallest absolute Gasteiger partial charge is 0.337 e. The summed E-state index contributed by atoms with van der Waals surface area (Å²) in [5.74, 6) is 0.536. The molecule has 2 aliphatic carbocycles. The molecule has 1 aromatic rings. The zero-order valence-electron chi connectivity index (χ0n) is 26.6. The van der Waals surface area contributed by atoms with Crippen molar-refractivity contribution in [3.05, 3.63) is 35.1 Å². The minimum Gasteiger partial charge on any atom is -0.493 e. The van der Waals surface area contributed by atoms with E-state index in [9.17, 15) is 9.59 Å². The number of likely N-dealkylation sites (tertiary alicyclic amines) is 1. The molecular weight excluding hydrogens is 590 g/mol. The van der Waals surface area contributed by atoms with E-state index in [2.05, 4.69) is 18.0 Å². The average Bonchev–Trinajstić information content (AvgIpc) is 3.39. The molecule has 0 N–H and O–H groups in total. The van der Waals surface area contributed by atoms with Crippen LogP contribution < -0.4 is 9.47 Å². The normalized spacial score (nSPS) is 26.1. The second kappa shape index (κ2) is 15.2. The van der Waals surface area contributed by atoms with E-state index in [1.807, 2.05) is 12.1 Å². The number of benzene rings is 1. The van der Waals surface area contributed by atoms with Crippen LogP contribution in [0.3, 0.4) is 0 Å².